The van der Waals surface area contributed by atoms with E-state index >= 15 is 0 Å². The molecule has 0 unspecified atom stereocenters. The molecule has 1 aliphatic rings. The molecule has 1 N–H and O–H groups in total. The molecule has 4 aromatic rings. The van der Waals surface area contributed by atoms with E-state index in [9.17, 15) is 9.59 Å². The number of hydrogen-bond donors (Lipinski definition) is 1. The number of aromatic carboxylic acids is 1. The zero-order valence-corrected chi connectivity index (χ0v) is 22.2. The number of carboxylic acid groups (broad SMARTS) is 1. The van der Waals surface area contributed by atoms with Crippen molar-refractivity contribution in [1.82, 2.24) is 9.66 Å². The molecule has 0 saturated heterocycles. The van der Waals surface area contributed by atoms with Crippen LogP contribution in [-0.2, 0) is 6.61 Å². The van der Waals surface area contributed by atoms with Gasteiger partial charge in [-0.1, -0.05) is 55.1 Å². The van der Waals surface area contributed by atoms with Crippen LogP contribution in [0.25, 0.3) is 10.9 Å². The summed E-state index contributed by atoms with van der Waals surface area (Å²) in [7, 11) is 1.51. The second-order valence-corrected chi connectivity index (χ2v) is 9.94. The molecule has 0 amide bonds. The number of nitrogens with zero attached hydrogens (tertiary/aromatic N) is 3. The third-order valence-corrected chi connectivity index (χ3v) is 7.13. The van der Waals surface area contributed by atoms with E-state index in [0.717, 1.165) is 31.2 Å². The fourth-order valence-corrected chi connectivity index (χ4v) is 5.10. The maximum atomic E-state index is 13.6. The van der Waals surface area contributed by atoms with Crippen LogP contribution in [0.2, 0.25) is 5.02 Å². The van der Waals surface area contributed by atoms with Crippen molar-refractivity contribution < 1.29 is 19.4 Å². The summed E-state index contributed by atoms with van der Waals surface area (Å²) in [5.74, 6) is 0.610. The van der Waals surface area contributed by atoms with E-state index in [2.05, 4.69) is 5.10 Å². The van der Waals surface area contributed by atoms with Gasteiger partial charge in [-0.3, -0.25) is 4.79 Å². The van der Waals surface area contributed by atoms with Crippen molar-refractivity contribution >= 4 is 34.7 Å². The van der Waals surface area contributed by atoms with Crippen molar-refractivity contribution in [2.45, 2.75) is 44.6 Å². The number of fused-ring (bicyclic) bond motifs is 1. The normalized spacial score (nSPS) is 14.1. The summed E-state index contributed by atoms with van der Waals surface area (Å²) in [6.07, 6.45) is 6.82. The molecule has 8 nitrogen and oxygen atoms in total. The molecule has 1 saturated carbocycles. The molecular weight excluding hydrogens is 518 g/mol. The quantitative estimate of drug-likeness (QED) is 0.262. The molecule has 39 heavy (non-hydrogen) atoms. The fraction of sp³-hybridized carbons (Fsp3) is 0.267. The van der Waals surface area contributed by atoms with E-state index in [-0.39, 0.29) is 23.6 Å². The first-order valence-electron chi connectivity index (χ1n) is 12.8. The molecule has 1 fully saturated rings. The van der Waals surface area contributed by atoms with E-state index in [0.29, 0.717) is 38.8 Å². The maximum Gasteiger partial charge on any atom is 0.335 e. The molecule has 1 aromatic heterocycles. The Labute approximate surface area is 230 Å². The van der Waals surface area contributed by atoms with Crippen molar-refractivity contribution in [3.63, 3.8) is 0 Å². The number of carboxylic acids is 1. The van der Waals surface area contributed by atoms with Crippen LogP contribution < -0.4 is 15.0 Å². The lowest BCUT2D eigenvalue weighted by Gasteiger charge is -2.22. The first-order chi connectivity index (χ1) is 18.9. The summed E-state index contributed by atoms with van der Waals surface area (Å²) in [4.78, 5) is 29.6. The summed E-state index contributed by atoms with van der Waals surface area (Å²) in [6, 6.07) is 17.1. The standard InChI is InChI=1S/C30H28ClN3O5/c1-38-26-16-23(31)15-22(27(26)39-18-19-11-13-21(14-12-19)30(36)37)17-32-34-28(20-7-3-2-4-8-20)33-25-10-6-5-9-24(25)29(34)35/h5-6,9-17,20H,2-4,7-8,18H2,1H3,(H,36,37). The average Bonchev–Trinajstić information content (AvgIpc) is 2.96. The topological polar surface area (TPSA) is 103 Å². The Balaban J connectivity index is 1.53. The van der Waals surface area contributed by atoms with Crippen LogP contribution in [0.3, 0.4) is 0 Å². The molecule has 1 aliphatic carbocycles. The van der Waals surface area contributed by atoms with Gasteiger partial charge in [-0.25, -0.2) is 9.78 Å². The molecule has 0 radical (unpaired) electrons. The van der Waals surface area contributed by atoms with Gasteiger partial charge in [0, 0.05) is 22.6 Å². The Bertz CT molecular complexity index is 1590. The van der Waals surface area contributed by atoms with Crippen molar-refractivity contribution in [2.24, 2.45) is 5.10 Å². The van der Waals surface area contributed by atoms with E-state index in [1.165, 1.54) is 30.3 Å². The minimum absolute atomic E-state index is 0.145. The highest BCUT2D eigenvalue weighted by Crippen LogP contribution is 2.35. The van der Waals surface area contributed by atoms with Crippen molar-refractivity contribution in [3.05, 3.63) is 98.6 Å². The lowest BCUT2D eigenvalue weighted by molar-refractivity contribution is 0.0697. The SMILES string of the molecule is COc1cc(Cl)cc(C=Nn2c(C3CCCCC3)nc3ccccc3c2=O)c1OCc1ccc(C(=O)O)cc1. The predicted molar refractivity (Wildman–Crippen MR) is 151 cm³/mol. The maximum absolute atomic E-state index is 13.6. The van der Waals surface area contributed by atoms with Gasteiger partial charge < -0.3 is 14.6 Å². The van der Waals surface area contributed by atoms with E-state index < -0.39 is 5.97 Å². The van der Waals surface area contributed by atoms with Gasteiger partial charge in [0.25, 0.3) is 5.56 Å². The smallest absolute Gasteiger partial charge is 0.335 e. The fourth-order valence-electron chi connectivity index (χ4n) is 4.89. The Morgan fingerprint density at radius 1 is 1.13 bits per heavy atom. The van der Waals surface area contributed by atoms with Crippen LogP contribution in [0.15, 0.2) is 70.6 Å². The molecule has 5 rings (SSSR count). The number of para-hydroxylation sites is 1. The molecular formula is C30H28ClN3O5. The van der Waals surface area contributed by atoms with Gasteiger partial charge in [0.05, 0.1) is 29.8 Å². The monoisotopic (exact) mass is 545 g/mol. The molecule has 3 aromatic carbocycles. The molecule has 9 heteroatoms. The number of ether oxygens (including phenoxy) is 2. The summed E-state index contributed by atoms with van der Waals surface area (Å²) in [6.45, 7) is 0.156. The largest absolute Gasteiger partial charge is 0.493 e. The number of benzene rings is 3. The average molecular weight is 546 g/mol. The summed E-state index contributed by atoms with van der Waals surface area (Å²) in [5, 5.41) is 14.7. The second kappa shape index (κ2) is 11.7. The van der Waals surface area contributed by atoms with Gasteiger partial charge in [0.2, 0.25) is 0 Å². The third kappa shape index (κ3) is 5.81. The highest BCUT2D eigenvalue weighted by Gasteiger charge is 2.22. The summed E-state index contributed by atoms with van der Waals surface area (Å²) in [5.41, 5.74) is 1.92. The Morgan fingerprint density at radius 3 is 2.59 bits per heavy atom. The van der Waals surface area contributed by atoms with E-state index in [4.69, 9.17) is 31.2 Å². The van der Waals surface area contributed by atoms with Crippen LogP contribution >= 0.6 is 11.6 Å². The molecule has 1 heterocycles. The van der Waals surface area contributed by atoms with Crippen molar-refractivity contribution in [3.8, 4) is 11.5 Å². The minimum Gasteiger partial charge on any atom is -0.493 e. The van der Waals surface area contributed by atoms with Gasteiger partial charge in [-0.05, 0) is 48.7 Å². The molecule has 0 atom stereocenters. The number of rotatable bonds is 8. The zero-order valence-electron chi connectivity index (χ0n) is 21.5. The molecule has 0 aliphatic heterocycles. The lowest BCUT2D eigenvalue weighted by atomic mass is 9.88. The van der Waals surface area contributed by atoms with Gasteiger partial charge >= 0.3 is 5.97 Å². The second-order valence-electron chi connectivity index (χ2n) is 9.50. The van der Waals surface area contributed by atoms with Gasteiger partial charge in [0.1, 0.15) is 12.4 Å². The molecule has 200 valence electrons. The van der Waals surface area contributed by atoms with Gasteiger partial charge in [0.15, 0.2) is 11.5 Å². The first-order valence-corrected chi connectivity index (χ1v) is 13.2. The van der Waals surface area contributed by atoms with Crippen LogP contribution in [0.1, 0.15) is 65.3 Å². The number of carbonyl (C=O) groups is 1. The van der Waals surface area contributed by atoms with E-state index in [1.54, 1.807) is 36.5 Å². The van der Waals surface area contributed by atoms with E-state index in [1.807, 2.05) is 18.2 Å². The van der Waals surface area contributed by atoms with Crippen molar-refractivity contribution in [1.29, 1.82) is 0 Å². The predicted octanol–water partition coefficient (Wildman–Crippen LogP) is 6.27. The first kappa shape index (κ1) is 26.4. The van der Waals surface area contributed by atoms with Gasteiger partial charge in [-0.2, -0.15) is 9.78 Å². The van der Waals surface area contributed by atoms with Crippen LogP contribution in [-0.4, -0.2) is 34.1 Å². The number of aromatic nitrogens is 2. The zero-order chi connectivity index (χ0) is 27.4. The Hall–Kier alpha value is -4.17. The lowest BCUT2D eigenvalue weighted by Crippen LogP contribution is -2.25. The van der Waals surface area contributed by atoms with Crippen LogP contribution in [0, 0.1) is 0 Å². The minimum atomic E-state index is -0.994. The molecule has 0 spiro atoms. The highest BCUT2D eigenvalue weighted by atomic mass is 35.5. The summed E-state index contributed by atoms with van der Waals surface area (Å²) >= 11 is 6.38. The number of methoxy groups -OCH3 is 1. The Kier molecular flexibility index (Phi) is 7.93. The number of halogens is 1. The van der Waals surface area contributed by atoms with Crippen molar-refractivity contribution in [2.75, 3.05) is 7.11 Å². The number of hydrogen-bond acceptors (Lipinski definition) is 6. The molecule has 0 bridgehead atoms. The van der Waals surface area contributed by atoms with Crippen LogP contribution in [0.5, 0.6) is 11.5 Å². The third-order valence-electron chi connectivity index (χ3n) is 6.91. The summed E-state index contributed by atoms with van der Waals surface area (Å²) < 4.78 is 13.0. The Morgan fingerprint density at radius 2 is 1.87 bits per heavy atom. The highest BCUT2D eigenvalue weighted by molar-refractivity contribution is 6.31. The van der Waals surface area contributed by atoms with Gasteiger partial charge in [-0.15, -0.1) is 0 Å². The van der Waals surface area contributed by atoms with Crippen LogP contribution in [0.4, 0.5) is 0 Å².